The van der Waals surface area contributed by atoms with Crippen LogP contribution in [0, 0.1) is 6.92 Å². The van der Waals surface area contributed by atoms with Crippen LogP contribution in [0.1, 0.15) is 12.5 Å². The topological polar surface area (TPSA) is 77.6 Å². The highest BCUT2D eigenvalue weighted by atomic mass is 16.2. The van der Waals surface area contributed by atoms with E-state index in [2.05, 4.69) is 20.6 Å². The van der Waals surface area contributed by atoms with E-state index in [1.807, 2.05) is 20.0 Å². The molecule has 0 bridgehead atoms. The van der Waals surface area contributed by atoms with Gasteiger partial charge in [0.05, 0.1) is 18.9 Å². The largest absolute Gasteiger partial charge is 0.306 e. The van der Waals surface area contributed by atoms with Gasteiger partial charge in [0.1, 0.15) is 6.54 Å². The van der Waals surface area contributed by atoms with Crippen LogP contribution >= 0.6 is 0 Å². The molecule has 7 nitrogen and oxygen atoms in total. The van der Waals surface area contributed by atoms with Crippen molar-refractivity contribution in [3.05, 3.63) is 24.2 Å². The third-order valence-corrected chi connectivity index (χ3v) is 2.15. The molecule has 0 saturated carbocycles. The van der Waals surface area contributed by atoms with Gasteiger partial charge in [0, 0.05) is 6.20 Å². The number of rotatable bonds is 4. The molecule has 0 aromatic carbocycles. The minimum atomic E-state index is -0.170. The molecular formula is C10H14N6O. The predicted octanol–water partition coefficient (Wildman–Crippen LogP) is 0.442. The Hall–Kier alpha value is -2.18. The number of amides is 1. The van der Waals surface area contributed by atoms with Crippen LogP contribution in [0.2, 0.25) is 0 Å². The first-order valence-electron chi connectivity index (χ1n) is 5.36. The highest BCUT2D eigenvalue weighted by molar-refractivity contribution is 5.89. The van der Waals surface area contributed by atoms with Gasteiger partial charge in [0.2, 0.25) is 5.91 Å². The summed E-state index contributed by atoms with van der Waals surface area (Å²) in [6.45, 7) is 4.70. The van der Waals surface area contributed by atoms with Crippen LogP contribution in [0.25, 0.3) is 0 Å². The van der Waals surface area contributed by atoms with Crippen molar-refractivity contribution in [2.24, 2.45) is 0 Å². The number of aryl methyl sites for hydroxylation is 2. The molecule has 0 fully saturated rings. The molecule has 90 valence electrons. The van der Waals surface area contributed by atoms with Gasteiger partial charge in [-0.3, -0.25) is 9.48 Å². The lowest BCUT2D eigenvalue weighted by Gasteiger charge is -2.01. The van der Waals surface area contributed by atoms with Crippen molar-refractivity contribution in [2.45, 2.75) is 26.9 Å². The van der Waals surface area contributed by atoms with E-state index in [1.165, 1.54) is 11.0 Å². The molecule has 2 aromatic rings. The van der Waals surface area contributed by atoms with Crippen molar-refractivity contribution in [1.82, 2.24) is 24.8 Å². The monoisotopic (exact) mass is 234 g/mol. The van der Waals surface area contributed by atoms with Gasteiger partial charge >= 0.3 is 0 Å². The Labute approximate surface area is 98.4 Å². The van der Waals surface area contributed by atoms with Gasteiger partial charge in [-0.1, -0.05) is 0 Å². The van der Waals surface area contributed by atoms with E-state index in [9.17, 15) is 4.79 Å². The summed E-state index contributed by atoms with van der Waals surface area (Å²) in [5.74, 6) is 0.289. The molecule has 0 unspecified atom stereocenters. The molecule has 7 heteroatoms. The average Bonchev–Trinajstić information content (AvgIpc) is 2.88. The Kier molecular flexibility index (Phi) is 3.17. The number of hydrogen-bond donors (Lipinski definition) is 1. The van der Waals surface area contributed by atoms with E-state index in [4.69, 9.17) is 0 Å². The van der Waals surface area contributed by atoms with Crippen molar-refractivity contribution in [3.8, 4) is 0 Å². The second kappa shape index (κ2) is 4.77. The Morgan fingerprint density at radius 1 is 1.41 bits per heavy atom. The molecule has 1 amide bonds. The molecule has 0 spiro atoms. The number of anilines is 1. The normalized spacial score (nSPS) is 10.5. The van der Waals surface area contributed by atoms with E-state index >= 15 is 0 Å². The smallest absolute Gasteiger partial charge is 0.247 e. The lowest BCUT2D eigenvalue weighted by molar-refractivity contribution is -0.116. The number of aromatic nitrogens is 5. The van der Waals surface area contributed by atoms with Crippen molar-refractivity contribution in [2.75, 3.05) is 5.32 Å². The highest BCUT2D eigenvalue weighted by Gasteiger charge is 2.06. The van der Waals surface area contributed by atoms with E-state index < -0.39 is 0 Å². The molecule has 0 aliphatic heterocycles. The van der Waals surface area contributed by atoms with E-state index in [-0.39, 0.29) is 12.5 Å². The first-order chi connectivity index (χ1) is 8.17. The van der Waals surface area contributed by atoms with Crippen molar-refractivity contribution >= 4 is 11.7 Å². The molecule has 2 rings (SSSR count). The highest BCUT2D eigenvalue weighted by Crippen LogP contribution is 2.00. The summed E-state index contributed by atoms with van der Waals surface area (Å²) in [5.41, 5.74) is 1.02. The fourth-order valence-electron chi connectivity index (χ4n) is 1.39. The maximum atomic E-state index is 11.6. The average molecular weight is 234 g/mol. The third kappa shape index (κ3) is 2.90. The van der Waals surface area contributed by atoms with Crippen LogP contribution in [0.3, 0.4) is 0 Å². The number of hydrogen-bond acceptors (Lipinski definition) is 4. The molecule has 0 saturated heterocycles. The molecule has 2 aromatic heterocycles. The fraction of sp³-hybridized carbons (Fsp3) is 0.400. The zero-order valence-electron chi connectivity index (χ0n) is 9.79. The predicted molar refractivity (Wildman–Crippen MR) is 61.3 cm³/mol. The summed E-state index contributed by atoms with van der Waals surface area (Å²) in [5, 5.41) is 14.7. The van der Waals surface area contributed by atoms with E-state index in [1.54, 1.807) is 10.9 Å². The van der Waals surface area contributed by atoms with Gasteiger partial charge < -0.3 is 5.32 Å². The van der Waals surface area contributed by atoms with Crippen molar-refractivity contribution in [1.29, 1.82) is 0 Å². The summed E-state index contributed by atoms with van der Waals surface area (Å²) in [4.78, 5) is 13.1. The van der Waals surface area contributed by atoms with Gasteiger partial charge in [-0.15, -0.1) is 5.10 Å². The van der Waals surface area contributed by atoms with Gasteiger partial charge in [0.25, 0.3) is 0 Å². The Morgan fingerprint density at radius 3 is 2.82 bits per heavy atom. The zero-order chi connectivity index (χ0) is 12.3. The Balaban J connectivity index is 1.93. The summed E-state index contributed by atoms with van der Waals surface area (Å²) in [7, 11) is 0. The summed E-state index contributed by atoms with van der Waals surface area (Å²) < 4.78 is 1.58. The second-order valence-corrected chi connectivity index (χ2v) is 3.68. The molecular weight excluding hydrogens is 220 g/mol. The molecule has 0 radical (unpaired) electrons. The lowest BCUT2D eigenvalue weighted by atomic mass is 10.4. The van der Waals surface area contributed by atoms with E-state index in [0.717, 1.165) is 5.56 Å². The second-order valence-electron chi connectivity index (χ2n) is 3.68. The summed E-state index contributed by atoms with van der Waals surface area (Å²) >= 11 is 0. The fourth-order valence-corrected chi connectivity index (χ4v) is 1.39. The molecule has 0 aliphatic rings. The first-order valence-corrected chi connectivity index (χ1v) is 5.36. The van der Waals surface area contributed by atoms with E-state index in [0.29, 0.717) is 12.4 Å². The summed E-state index contributed by atoms with van der Waals surface area (Å²) in [6.07, 6.45) is 5.04. The number of nitrogens with zero attached hydrogens (tertiary/aromatic N) is 5. The lowest BCUT2D eigenvalue weighted by Crippen LogP contribution is -2.19. The van der Waals surface area contributed by atoms with Crippen LogP contribution in [0.5, 0.6) is 0 Å². The molecule has 0 atom stereocenters. The van der Waals surface area contributed by atoms with Crippen LogP contribution in [0.4, 0.5) is 5.82 Å². The van der Waals surface area contributed by atoms with Gasteiger partial charge in [-0.05, 0) is 19.4 Å². The van der Waals surface area contributed by atoms with Gasteiger partial charge in [-0.2, -0.15) is 15.0 Å². The standard InChI is InChI=1S/C10H14N6O/c1-3-16-12-5-9(14-16)13-10(17)7-15-6-8(2)4-11-15/h4-6H,3,7H2,1-2H3,(H,13,14,17). The summed E-state index contributed by atoms with van der Waals surface area (Å²) in [6, 6.07) is 0. The minimum Gasteiger partial charge on any atom is -0.306 e. The quantitative estimate of drug-likeness (QED) is 0.832. The number of carbonyl (C=O) groups excluding carboxylic acids is 1. The Morgan fingerprint density at radius 2 is 2.24 bits per heavy atom. The Bertz CT molecular complexity index is 514. The maximum absolute atomic E-state index is 11.6. The van der Waals surface area contributed by atoms with Crippen LogP contribution in [-0.4, -0.2) is 30.7 Å². The maximum Gasteiger partial charge on any atom is 0.247 e. The third-order valence-electron chi connectivity index (χ3n) is 2.15. The zero-order valence-corrected chi connectivity index (χ0v) is 9.79. The van der Waals surface area contributed by atoms with Crippen LogP contribution in [-0.2, 0) is 17.9 Å². The van der Waals surface area contributed by atoms with Crippen LogP contribution in [0.15, 0.2) is 18.6 Å². The first kappa shape index (κ1) is 11.3. The van der Waals surface area contributed by atoms with Gasteiger partial charge in [0.15, 0.2) is 5.82 Å². The molecule has 0 aliphatic carbocycles. The van der Waals surface area contributed by atoms with Crippen molar-refractivity contribution in [3.63, 3.8) is 0 Å². The SMILES string of the molecule is CCn1ncc(NC(=O)Cn2cc(C)cn2)n1. The number of carbonyl (C=O) groups is 1. The number of nitrogens with one attached hydrogen (secondary N) is 1. The minimum absolute atomic E-state index is 0.170. The molecule has 17 heavy (non-hydrogen) atoms. The van der Waals surface area contributed by atoms with Crippen LogP contribution < -0.4 is 5.32 Å². The van der Waals surface area contributed by atoms with Gasteiger partial charge in [-0.25, -0.2) is 0 Å². The molecule has 2 heterocycles. The van der Waals surface area contributed by atoms with Crippen molar-refractivity contribution < 1.29 is 4.79 Å². The molecule has 1 N–H and O–H groups in total.